The highest BCUT2D eigenvalue weighted by Crippen LogP contribution is 2.63. The number of carbonyl (C=O) groups is 2. The Kier molecular flexibility index (Phi) is 4.53. The molecule has 1 N–H and O–H groups in total. The van der Waals surface area contributed by atoms with Crippen molar-refractivity contribution in [3.63, 3.8) is 0 Å². The Morgan fingerprint density at radius 2 is 1.93 bits per heavy atom. The summed E-state index contributed by atoms with van der Waals surface area (Å²) in [6, 6.07) is 3.46. The van der Waals surface area contributed by atoms with E-state index >= 15 is 0 Å². The summed E-state index contributed by atoms with van der Waals surface area (Å²) in [6.07, 6.45) is 3.03. The maximum absolute atomic E-state index is 12.5. The number of nitro benzene ring substituents is 1. The highest BCUT2D eigenvalue weighted by atomic mass is 16.6. The van der Waals surface area contributed by atoms with Crippen molar-refractivity contribution in [2.75, 3.05) is 7.11 Å². The summed E-state index contributed by atoms with van der Waals surface area (Å²) in [5.74, 6) is -0.802. The summed E-state index contributed by atoms with van der Waals surface area (Å²) in [5.41, 5.74) is 3.10. The summed E-state index contributed by atoms with van der Waals surface area (Å²) < 4.78 is 4.60. The lowest BCUT2D eigenvalue weighted by Gasteiger charge is -2.34. The number of fused-ring (bicyclic) bond motifs is 2. The number of hydrogen-bond acceptors (Lipinski definition) is 6. The van der Waals surface area contributed by atoms with Crippen LogP contribution in [0.25, 0.3) is 0 Å². The van der Waals surface area contributed by atoms with E-state index in [1.807, 2.05) is 0 Å². The first-order chi connectivity index (χ1) is 12.6. The number of carbonyl (C=O) groups excluding carboxylic acids is 2. The molecule has 0 unspecified atom stereocenters. The lowest BCUT2D eigenvalue weighted by molar-refractivity contribution is -0.384. The number of hydrazone groups is 1. The van der Waals surface area contributed by atoms with Crippen LogP contribution in [0.2, 0.25) is 0 Å². The first kappa shape index (κ1) is 19.0. The van der Waals surface area contributed by atoms with Crippen molar-refractivity contribution >= 4 is 23.3 Å². The van der Waals surface area contributed by atoms with E-state index in [1.165, 1.54) is 13.2 Å². The van der Waals surface area contributed by atoms with Crippen molar-refractivity contribution in [1.82, 2.24) is 5.43 Å². The Morgan fingerprint density at radius 1 is 1.26 bits per heavy atom. The van der Waals surface area contributed by atoms with Crippen LogP contribution in [0.5, 0.6) is 0 Å². The molecule has 1 amide bonds. The molecule has 144 valence electrons. The standard InChI is InChI=1S/C19H23N3O5/c1-18(2)13-5-6-19(18,3)15(10-13)20-21-16(23)11-7-12(17(24)27-4)9-14(8-11)22(25)26/h7-9,13H,5-6,10H2,1-4H3,(H,21,23)/b20-15-/t13-,19+/m1/s1. The first-order valence-electron chi connectivity index (χ1n) is 8.85. The zero-order valence-corrected chi connectivity index (χ0v) is 15.9. The summed E-state index contributed by atoms with van der Waals surface area (Å²) in [5, 5.41) is 15.5. The number of methoxy groups -OCH3 is 1. The number of ether oxygens (including phenoxy) is 1. The van der Waals surface area contributed by atoms with Gasteiger partial charge < -0.3 is 4.74 Å². The molecule has 2 atom stereocenters. The molecule has 3 rings (SSSR count). The zero-order chi connectivity index (χ0) is 20.0. The highest BCUT2D eigenvalue weighted by Gasteiger charge is 2.60. The smallest absolute Gasteiger partial charge is 0.338 e. The minimum Gasteiger partial charge on any atom is -0.465 e. The molecule has 1 aromatic carbocycles. The number of nitrogens with zero attached hydrogens (tertiary/aromatic N) is 2. The number of benzene rings is 1. The van der Waals surface area contributed by atoms with Gasteiger partial charge in [0.15, 0.2) is 0 Å². The van der Waals surface area contributed by atoms with Gasteiger partial charge in [0, 0.05) is 28.8 Å². The zero-order valence-electron chi connectivity index (χ0n) is 15.9. The second-order valence-corrected chi connectivity index (χ2v) is 8.01. The van der Waals surface area contributed by atoms with Gasteiger partial charge in [-0.25, -0.2) is 10.2 Å². The van der Waals surface area contributed by atoms with Crippen LogP contribution >= 0.6 is 0 Å². The van der Waals surface area contributed by atoms with Gasteiger partial charge in [0.05, 0.1) is 17.6 Å². The van der Waals surface area contributed by atoms with E-state index in [0.717, 1.165) is 37.1 Å². The van der Waals surface area contributed by atoms with Crippen molar-refractivity contribution in [3.8, 4) is 0 Å². The molecule has 0 heterocycles. The Labute approximate surface area is 157 Å². The molecule has 1 aromatic rings. The number of amides is 1. The summed E-state index contributed by atoms with van der Waals surface area (Å²) in [6.45, 7) is 6.64. The lowest BCUT2D eigenvalue weighted by atomic mass is 9.70. The molecule has 27 heavy (non-hydrogen) atoms. The molecular weight excluding hydrogens is 350 g/mol. The molecule has 2 aliphatic carbocycles. The van der Waals surface area contributed by atoms with Gasteiger partial charge in [-0.3, -0.25) is 14.9 Å². The maximum atomic E-state index is 12.5. The monoisotopic (exact) mass is 373 g/mol. The van der Waals surface area contributed by atoms with Gasteiger partial charge in [0.1, 0.15) is 0 Å². The fourth-order valence-corrected chi connectivity index (χ4v) is 4.36. The Bertz CT molecular complexity index is 861. The predicted molar refractivity (Wildman–Crippen MR) is 98.6 cm³/mol. The van der Waals surface area contributed by atoms with E-state index in [-0.39, 0.29) is 27.6 Å². The number of rotatable bonds is 4. The number of nitro groups is 1. The van der Waals surface area contributed by atoms with Gasteiger partial charge in [-0.1, -0.05) is 20.8 Å². The van der Waals surface area contributed by atoms with Crippen molar-refractivity contribution in [3.05, 3.63) is 39.4 Å². The fourth-order valence-electron chi connectivity index (χ4n) is 4.36. The quantitative estimate of drug-likeness (QED) is 0.494. The van der Waals surface area contributed by atoms with E-state index in [4.69, 9.17) is 0 Å². The van der Waals surface area contributed by atoms with Crippen LogP contribution in [0.3, 0.4) is 0 Å². The van der Waals surface area contributed by atoms with Crippen LogP contribution in [0.4, 0.5) is 5.69 Å². The number of hydrogen-bond donors (Lipinski definition) is 1. The molecule has 2 aliphatic rings. The van der Waals surface area contributed by atoms with Crippen molar-refractivity contribution < 1.29 is 19.2 Å². The molecule has 0 aliphatic heterocycles. The maximum Gasteiger partial charge on any atom is 0.338 e. The Balaban J connectivity index is 1.86. The van der Waals surface area contributed by atoms with Crippen molar-refractivity contribution in [1.29, 1.82) is 0 Å². The number of non-ortho nitro benzene ring substituents is 1. The molecule has 0 radical (unpaired) electrons. The van der Waals surface area contributed by atoms with Gasteiger partial charge in [-0.05, 0) is 36.7 Å². The SMILES string of the molecule is COC(=O)c1cc(C(=O)N/N=C2/C[C@H]3CC[C@]2(C)C3(C)C)cc([N+](=O)[O-])c1. The molecule has 2 bridgehead atoms. The van der Waals surface area contributed by atoms with Crippen LogP contribution < -0.4 is 5.43 Å². The predicted octanol–water partition coefficient (Wildman–Crippen LogP) is 3.31. The van der Waals surface area contributed by atoms with Crippen LogP contribution in [0.15, 0.2) is 23.3 Å². The van der Waals surface area contributed by atoms with Crippen molar-refractivity contribution in [2.45, 2.75) is 40.0 Å². The molecule has 2 saturated carbocycles. The molecule has 8 nitrogen and oxygen atoms in total. The van der Waals surface area contributed by atoms with Gasteiger partial charge in [-0.2, -0.15) is 5.10 Å². The van der Waals surface area contributed by atoms with E-state index in [2.05, 4.69) is 36.0 Å². The average molecular weight is 373 g/mol. The first-order valence-corrected chi connectivity index (χ1v) is 8.85. The molecule has 2 fully saturated rings. The van der Waals surface area contributed by atoms with E-state index < -0.39 is 16.8 Å². The third kappa shape index (κ3) is 2.98. The number of nitrogens with one attached hydrogen (secondary N) is 1. The van der Waals surface area contributed by atoms with E-state index in [0.29, 0.717) is 5.92 Å². The minimum atomic E-state index is -0.749. The van der Waals surface area contributed by atoms with Crippen LogP contribution in [-0.4, -0.2) is 29.6 Å². The fraction of sp³-hybridized carbons (Fsp3) is 0.526. The second-order valence-electron chi connectivity index (χ2n) is 8.01. The number of esters is 1. The van der Waals surface area contributed by atoms with Crippen LogP contribution in [0.1, 0.15) is 60.7 Å². The largest absolute Gasteiger partial charge is 0.465 e. The highest BCUT2D eigenvalue weighted by molar-refractivity contribution is 6.00. The van der Waals surface area contributed by atoms with E-state index in [1.54, 1.807) is 0 Å². The van der Waals surface area contributed by atoms with Crippen molar-refractivity contribution in [2.24, 2.45) is 21.8 Å². The molecule has 0 saturated heterocycles. The Morgan fingerprint density at radius 3 is 2.44 bits per heavy atom. The van der Waals surface area contributed by atoms with Gasteiger partial charge >= 0.3 is 5.97 Å². The molecule has 0 aromatic heterocycles. The summed E-state index contributed by atoms with van der Waals surface area (Å²) in [4.78, 5) is 34.7. The van der Waals surface area contributed by atoms with E-state index in [9.17, 15) is 19.7 Å². The molecular formula is C19H23N3O5. The third-order valence-corrected chi connectivity index (χ3v) is 6.62. The minimum absolute atomic E-state index is 0.0125. The lowest BCUT2D eigenvalue weighted by Crippen LogP contribution is -2.34. The second kappa shape index (κ2) is 6.44. The molecule has 8 heteroatoms. The normalized spacial score (nSPS) is 26.8. The van der Waals surface area contributed by atoms with Gasteiger partial charge in [0.2, 0.25) is 0 Å². The summed E-state index contributed by atoms with van der Waals surface area (Å²) >= 11 is 0. The topological polar surface area (TPSA) is 111 Å². The van der Waals surface area contributed by atoms with Crippen LogP contribution in [0, 0.1) is 26.9 Å². The molecule has 0 spiro atoms. The Hall–Kier alpha value is -2.77. The van der Waals surface area contributed by atoms with Crippen LogP contribution in [-0.2, 0) is 4.74 Å². The summed E-state index contributed by atoms with van der Waals surface area (Å²) in [7, 11) is 1.17. The van der Waals surface area contributed by atoms with Gasteiger partial charge in [0.25, 0.3) is 11.6 Å². The van der Waals surface area contributed by atoms with Gasteiger partial charge in [-0.15, -0.1) is 0 Å². The average Bonchev–Trinajstić information content (AvgIpc) is 2.98. The third-order valence-electron chi connectivity index (χ3n) is 6.62.